The summed E-state index contributed by atoms with van der Waals surface area (Å²) in [5.41, 5.74) is 1.28. The standard InChI is InChI=1S/C21H35O/c1-5-7-8-9-13-17-19(20(22)14-6-2)21(3,4)18-15-11-10-12-16-18/h10-12,15-16,19-20H,5-9,13-14,17H2,1-4H3. The highest BCUT2D eigenvalue weighted by molar-refractivity contribution is 5.25. The molecule has 0 saturated heterocycles. The molecule has 2 atom stereocenters. The van der Waals surface area contributed by atoms with E-state index in [2.05, 4.69) is 58.0 Å². The first-order valence-corrected chi connectivity index (χ1v) is 9.25. The molecule has 0 fully saturated rings. The number of hydrogen-bond acceptors (Lipinski definition) is 0. The molecule has 1 radical (unpaired) electrons. The van der Waals surface area contributed by atoms with E-state index in [1.165, 1.54) is 37.7 Å². The monoisotopic (exact) mass is 303 g/mol. The molecule has 0 heterocycles. The molecule has 0 amide bonds. The second-order valence-corrected chi connectivity index (χ2v) is 7.22. The summed E-state index contributed by atoms with van der Waals surface area (Å²) >= 11 is 0. The van der Waals surface area contributed by atoms with Gasteiger partial charge in [-0.05, 0) is 29.7 Å². The first-order valence-electron chi connectivity index (χ1n) is 9.25. The van der Waals surface area contributed by atoms with Crippen LogP contribution in [0.15, 0.2) is 30.3 Å². The normalized spacial score (nSPS) is 14.8. The zero-order valence-corrected chi connectivity index (χ0v) is 15.1. The van der Waals surface area contributed by atoms with Crippen molar-refractivity contribution in [1.82, 2.24) is 0 Å². The van der Waals surface area contributed by atoms with Gasteiger partial charge >= 0.3 is 0 Å². The zero-order chi connectivity index (χ0) is 16.4. The molecule has 0 spiro atoms. The van der Waals surface area contributed by atoms with Crippen LogP contribution >= 0.6 is 0 Å². The van der Waals surface area contributed by atoms with Crippen LogP contribution in [0.1, 0.15) is 84.6 Å². The third kappa shape index (κ3) is 5.76. The van der Waals surface area contributed by atoms with Crippen LogP contribution in [0.4, 0.5) is 0 Å². The minimum atomic E-state index is -0.439. The molecule has 1 rings (SSSR count). The van der Waals surface area contributed by atoms with Crippen molar-refractivity contribution >= 4 is 0 Å². The van der Waals surface area contributed by atoms with Crippen molar-refractivity contribution in [3.63, 3.8) is 0 Å². The average molecular weight is 304 g/mol. The molecule has 22 heavy (non-hydrogen) atoms. The third-order valence-corrected chi connectivity index (χ3v) is 5.09. The second kappa shape index (κ2) is 10.0. The molecule has 0 aromatic heterocycles. The molecule has 0 N–H and O–H groups in total. The van der Waals surface area contributed by atoms with Crippen LogP contribution in [0.2, 0.25) is 0 Å². The van der Waals surface area contributed by atoms with Gasteiger partial charge in [0.05, 0.1) is 6.10 Å². The molecule has 1 aromatic carbocycles. The van der Waals surface area contributed by atoms with E-state index in [0.717, 1.165) is 19.3 Å². The molecule has 0 saturated carbocycles. The van der Waals surface area contributed by atoms with Gasteiger partial charge in [-0.2, -0.15) is 0 Å². The summed E-state index contributed by atoms with van der Waals surface area (Å²) in [6.07, 6.45) is 8.80. The first kappa shape index (κ1) is 19.2. The summed E-state index contributed by atoms with van der Waals surface area (Å²) in [7, 11) is 0. The van der Waals surface area contributed by atoms with Crippen LogP contribution in [0.5, 0.6) is 0 Å². The van der Waals surface area contributed by atoms with E-state index in [-0.39, 0.29) is 11.3 Å². The predicted molar refractivity (Wildman–Crippen MR) is 95.7 cm³/mol. The fourth-order valence-corrected chi connectivity index (χ4v) is 3.55. The Morgan fingerprint density at radius 1 is 0.864 bits per heavy atom. The number of unbranched alkanes of at least 4 members (excludes halogenated alkanes) is 4. The van der Waals surface area contributed by atoms with Gasteiger partial charge in [0.25, 0.3) is 0 Å². The van der Waals surface area contributed by atoms with Gasteiger partial charge < -0.3 is 0 Å². The highest BCUT2D eigenvalue weighted by Crippen LogP contribution is 2.38. The molecule has 0 aliphatic heterocycles. The van der Waals surface area contributed by atoms with Gasteiger partial charge in [-0.15, -0.1) is 0 Å². The van der Waals surface area contributed by atoms with Crippen molar-refractivity contribution in [2.45, 2.75) is 90.6 Å². The molecule has 1 heteroatoms. The lowest BCUT2D eigenvalue weighted by molar-refractivity contribution is -0.00350. The summed E-state index contributed by atoms with van der Waals surface area (Å²) in [5.74, 6) is 0.233. The minimum absolute atomic E-state index is 0.0341. The second-order valence-electron chi connectivity index (χ2n) is 7.22. The molecular weight excluding hydrogens is 268 g/mol. The fraction of sp³-hybridized carbons (Fsp3) is 0.714. The lowest BCUT2D eigenvalue weighted by atomic mass is 9.68. The van der Waals surface area contributed by atoms with E-state index < -0.39 is 6.10 Å². The van der Waals surface area contributed by atoms with Crippen LogP contribution in [-0.4, -0.2) is 6.10 Å². The van der Waals surface area contributed by atoms with Gasteiger partial charge in [-0.1, -0.05) is 96.6 Å². The maximum atomic E-state index is 12.8. The highest BCUT2D eigenvalue weighted by Gasteiger charge is 2.36. The van der Waals surface area contributed by atoms with Gasteiger partial charge in [0.15, 0.2) is 0 Å². The molecule has 1 nitrogen and oxygen atoms in total. The molecule has 0 aliphatic carbocycles. The highest BCUT2D eigenvalue weighted by atomic mass is 16.3. The van der Waals surface area contributed by atoms with Crippen LogP contribution in [0.3, 0.4) is 0 Å². The smallest absolute Gasteiger partial charge is 0.0966 e. The summed E-state index contributed by atoms with van der Waals surface area (Å²) < 4.78 is 0. The van der Waals surface area contributed by atoms with Gasteiger partial charge in [0.2, 0.25) is 0 Å². The quantitative estimate of drug-likeness (QED) is 0.414. The molecule has 125 valence electrons. The Kier molecular flexibility index (Phi) is 8.78. The Balaban J connectivity index is 2.75. The van der Waals surface area contributed by atoms with Crippen LogP contribution < -0.4 is 0 Å². The molecule has 0 aliphatic rings. The molecule has 1 aromatic rings. The largest absolute Gasteiger partial charge is 0.233 e. The SMILES string of the molecule is CCCCCCCC(C([O])CCC)C(C)(C)c1ccccc1. The van der Waals surface area contributed by atoms with E-state index in [1.54, 1.807) is 0 Å². The lowest BCUT2D eigenvalue weighted by Gasteiger charge is -2.37. The Bertz CT molecular complexity index is 382. The Hall–Kier alpha value is -0.820. The van der Waals surface area contributed by atoms with Crippen molar-refractivity contribution in [2.24, 2.45) is 5.92 Å². The van der Waals surface area contributed by atoms with E-state index >= 15 is 0 Å². The Morgan fingerprint density at radius 3 is 2.09 bits per heavy atom. The maximum absolute atomic E-state index is 12.8. The van der Waals surface area contributed by atoms with Gasteiger partial charge in [-0.25, -0.2) is 5.11 Å². The van der Waals surface area contributed by atoms with Crippen LogP contribution in [-0.2, 0) is 10.5 Å². The summed E-state index contributed by atoms with van der Waals surface area (Å²) in [4.78, 5) is 0. The minimum Gasteiger partial charge on any atom is -0.233 e. The average Bonchev–Trinajstić information content (AvgIpc) is 2.51. The predicted octanol–water partition coefficient (Wildman–Crippen LogP) is 6.54. The van der Waals surface area contributed by atoms with Crippen LogP contribution in [0.25, 0.3) is 0 Å². The van der Waals surface area contributed by atoms with Crippen molar-refractivity contribution < 1.29 is 5.11 Å². The van der Waals surface area contributed by atoms with E-state index in [4.69, 9.17) is 0 Å². The van der Waals surface area contributed by atoms with Gasteiger partial charge in [0.1, 0.15) is 0 Å². The first-order chi connectivity index (χ1) is 10.5. The topological polar surface area (TPSA) is 19.9 Å². The van der Waals surface area contributed by atoms with Gasteiger partial charge in [-0.3, -0.25) is 0 Å². The van der Waals surface area contributed by atoms with Crippen molar-refractivity contribution in [1.29, 1.82) is 0 Å². The summed E-state index contributed by atoms with van der Waals surface area (Å²) in [5, 5.41) is 12.8. The van der Waals surface area contributed by atoms with Crippen molar-refractivity contribution in [3.05, 3.63) is 35.9 Å². The number of hydrogen-bond donors (Lipinski definition) is 0. The van der Waals surface area contributed by atoms with Crippen molar-refractivity contribution in [3.8, 4) is 0 Å². The summed E-state index contributed by atoms with van der Waals surface area (Å²) in [6.45, 7) is 8.90. The zero-order valence-electron chi connectivity index (χ0n) is 15.1. The van der Waals surface area contributed by atoms with Gasteiger partial charge in [0, 0.05) is 0 Å². The lowest BCUT2D eigenvalue weighted by Crippen LogP contribution is -2.37. The number of benzene rings is 1. The van der Waals surface area contributed by atoms with E-state index in [0.29, 0.717) is 0 Å². The molecular formula is C21H35O. The maximum Gasteiger partial charge on any atom is 0.0966 e. The van der Waals surface area contributed by atoms with Crippen LogP contribution in [0, 0.1) is 5.92 Å². The van der Waals surface area contributed by atoms with E-state index in [1.807, 2.05) is 0 Å². The fourth-order valence-electron chi connectivity index (χ4n) is 3.55. The molecule has 2 unspecified atom stereocenters. The van der Waals surface area contributed by atoms with Crippen molar-refractivity contribution in [2.75, 3.05) is 0 Å². The summed E-state index contributed by atoms with van der Waals surface area (Å²) in [6, 6.07) is 10.6. The Morgan fingerprint density at radius 2 is 1.50 bits per heavy atom. The molecule has 0 bridgehead atoms. The third-order valence-electron chi connectivity index (χ3n) is 5.09. The number of rotatable bonds is 11. The van der Waals surface area contributed by atoms with E-state index in [9.17, 15) is 5.11 Å². The Labute approximate surface area is 138 Å².